The minimum absolute atomic E-state index is 0.175. The number of carbonyl (C=O) groups is 1. The van der Waals surface area contributed by atoms with Crippen molar-refractivity contribution in [1.29, 1.82) is 0 Å². The lowest BCUT2D eigenvalue weighted by atomic mass is 10.0. The fraction of sp³-hybridized carbons (Fsp3) is 0.500. The predicted octanol–water partition coefficient (Wildman–Crippen LogP) is 3.26. The Morgan fingerprint density at radius 2 is 1.79 bits per heavy atom. The first-order chi connectivity index (χ1) is 13.6. The highest BCUT2D eigenvalue weighted by Gasteiger charge is 2.34. The number of hydrogen-bond donors (Lipinski definition) is 1. The minimum atomic E-state index is -3.67. The first-order valence-corrected chi connectivity index (χ1v) is 11.2. The van der Waals surface area contributed by atoms with Crippen LogP contribution in [0.4, 0.5) is 10.1 Å². The van der Waals surface area contributed by atoms with E-state index in [-0.39, 0.29) is 10.8 Å². The molecule has 1 aromatic carbocycles. The predicted molar refractivity (Wildman–Crippen MR) is 109 cm³/mol. The topological polar surface area (TPSA) is 84.3 Å². The molecule has 1 amide bonds. The number of benzene rings is 1. The number of piperidine rings is 1. The Balaban J connectivity index is 1.84. The monoisotopic (exact) mass is 422 g/mol. The maximum absolute atomic E-state index is 13.2. The molecule has 0 spiro atoms. The SMILES string of the molecule is Cc1nn([C@@H](C)C(=O)Nc2ccc(F)cc2)c(C)c1S(=O)(=O)N1CCC(C)CC1. The van der Waals surface area contributed by atoms with Crippen molar-refractivity contribution in [2.45, 2.75) is 51.5 Å². The number of hydrogen-bond acceptors (Lipinski definition) is 4. The summed E-state index contributed by atoms with van der Waals surface area (Å²) in [5.41, 5.74) is 1.27. The number of sulfonamides is 1. The molecule has 2 aromatic rings. The summed E-state index contributed by atoms with van der Waals surface area (Å²) < 4.78 is 42.4. The molecule has 0 aliphatic carbocycles. The van der Waals surface area contributed by atoms with Gasteiger partial charge in [0.1, 0.15) is 16.8 Å². The van der Waals surface area contributed by atoms with Gasteiger partial charge in [0.2, 0.25) is 15.9 Å². The van der Waals surface area contributed by atoms with Gasteiger partial charge in [-0.3, -0.25) is 9.48 Å². The van der Waals surface area contributed by atoms with Gasteiger partial charge in [-0.1, -0.05) is 6.92 Å². The molecule has 1 aliphatic rings. The van der Waals surface area contributed by atoms with E-state index in [4.69, 9.17) is 0 Å². The summed E-state index contributed by atoms with van der Waals surface area (Å²) in [4.78, 5) is 12.8. The largest absolute Gasteiger partial charge is 0.324 e. The Bertz CT molecular complexity index is 993. The summed E-state index contributed by atoms with van der Waals surface area (Å²) in [7, 11) is -3.67. The zero-order valence-corrected chi connectivity index (χ0v) is 18.0. The molecule has 0 radical (unpaired) electrons. The highest BCUT2D eigenvalue weighted by atomic mass is 32.2. The van der Waals surface area contributed by atoms with Gasteiger partial charge >= 0.3 is 0 Å². The number of nitrogens with one attached hydrogen (secondary N) is 1. The van der Waals surface area contributed by atoms with Crippen LogP contribution in [0.15, 0.2) is 29.2 Å². The van der Waals surface area contributed by atoms with E-state index in [1.807, 2.05) is 0 Å². The zero-order chi connectivity index (χ0) is 21.3. The van der Waals surface area contributed by atoms with E-state index in [1.165, 1.54) is 33.3 Å². The molecule has 1 atom stereocenters. The van der Waals surface area contributed by atoms with E-state index in [1.54, 1.807) is 20.8 Å². The number of anilines is 1. The van der Waals surface area contributed by atoms with Gasteiger partial charge in [-0.15, -0.1) is 0 Å². The Hall–Kier alpha value is -2.26. The maximum Gasteiger partial charge on any atom is 0.248 e. The molecule has 0 bridgehead atoms. The zero-order valence-electron chi connectivity index (χ0n) is 17.1. The van der Waals surface area contributed by atoms with Gasteiger partial charge in [-0.2, -0.15) is 9.40 Å². The molecule has 1 aliphatic heterocycles. The lowest BCUT2D eigenvalue weighted by molar-refractivity contribution is -0.119. The summed E-state index contributed by atoms with van der Waals surface area (Å²) in [6.07, 6.45) is 1.67. The second-order valence-corrected chi connectivity index (χ2v) is 9.58. The van der Waals surface area contributed by atoms with Crippen LogP contribution in [0.2, 0.25) is 0 Å². The van der Waals surface area contributed by atoms with Gasteiger partial charge in [0.05, 0.1) is 11.4 Å². The van der Waals surface area contributed by atoms with Crippen molar-refractivity contribution < 1.29 is 17.6 Å². The molecule has 0 unspecified atom stereocenters. The minimum Gasteiger partial charge on any atom is -0.324 e. The number of amides is 1. The first-order valence-electron chi connectivity index (χ1n) is 9.73. The number of halogens is 1. The van der Waals surface area contributed by atoms with Crippen LogP contribution in [-0.2, 0) is 14.8 Å². The van der Waals surface area contributed by atoms with Crippen LogP contribution in [0.5, 0.6) is 0 Å². The summed E-state index contributed by atoms with van der Waals surface area (Å²) in [6, 6.07) is 4.72. The Labute approximate surface area is 171 Å². The van der Waals surface area contributed by atoms with E-state index in [9.17, 15) is 17.6 Å². The van der Waals surface area contributed by atoms with E-state index in [0.29, 0.717) is 36.1 Å². The van der Waals surface area contributed by atoms with Crippen LogP contribution in [0, 0.1) is 25.6 Å². The van der Waals surface area contributed by atoms with Crippen molar-refractivity contribution in [2.75, 3.05) is 18.4 Å². The molecule has 1 fully saturated rings. The quantitative estimate of drug-likeness (QED) is 0.802. The number of aryl methyl sites for hydroxylation is 1. The van der Waals surface area contributed by atoms with Crippen molar-refractivity contribution in [3.63, 3.8) is 0 Å². The molecule has 1 N–H and O–H groups in total. The maximum atomic E-state index is 13.2. The van der Waals surface area contributed by atoms with Crippen molar-refractivity contribution >= 4 is 21.6 Å². The van der Waals surface area contributed by atoms with Crippen LogP contribution in [0.3, 0.4) is 0 Å². The van der Waals surface area contributed by atoms with Gasteiger partial charge in [0.15, 0.2) is 0 Å². The highest BCUT2D eigenvalue weighted by Crippen LogP contribution is 2.29. The van der Waals surface area contributed by atoms with Gasteiger partial charge in [-0.05, 0) is 63.8 Å². The summed E-state index contributed by atoms with van der Waals surface area (Å²) >= 11 is 0. The summed E-state index contributed by atoms with van der Waals surface area (Å²) in [5.74, 6) is -0.240. The Kier molecular flexibility index (Phi) is 6.09. The lowest BCUT2D eigenvalue weighted by Gasteiger charge is -2.29. The second kappa shape index (κ2) is 8.23. The van der Waals surface area contributed by atoms with Gasteiger partial charge < -0.3 is 5.32 Å². The molecule has 2 heterocycles. The molecule has 1 saturated heterocycles. The van der Waals surface area contributed by atoms with Crippen LogP contribution in [0.1, 0.15) is 44.1 Å². The number of nitrogens with zero attached hydrogens (tertiary/aromatic N) is 3. The third-order valence-electron chi connectivity index (χ3n) is 5.46. The van der Waals surface area contributed by atoms with Gasteiger partial charge in [0.25, 0.3) is 0 Å². The summed E-state index contributed by atoms with van der Waals surface area (Å²) in [6.45, 7) is 8.08. The van der Waals surface area contributed by atoms with Crippen LogP contribution in [-0.4, -0.2) is 41.5 Å². The third-order valence-corrected chi connectivity index (χ3v) is 7.61. The molecule has 7 nitrogen and oxygen atoms in total. The average molecular weight is 423 g/mol. The molecule has 1 aromatic heterocycles. The average Bonchev–Trinajstić information content (AvgIpc) is 2.98. The van der Waals surface area contributed by atoms with Crippen LogP contribution >= 0.6 is 0 Å². The standard InChI is InChI=1S/C20H27FN4O3S/c1-13-9-11-24(12-10-13)29(27,28)19-14(2)23-25(15(19)3)16(4)20(26)22-18-7-5-17(21)6-8-18/h5-8,13,16H,9-12H2,1-4H3,(H,22,26)/t16-/m0/s1. The van der Waals surface area contributed by atoms with Crippen molar-refractivity contribution in [3.8, 4) is 0 Å². The molecule has 158 valence electrons. The normalized spacial score (nSPS) is 17.3. The van der Waals surface area contributed by atoms with E-state index in [0.717, 1.165) is 12.8 Å². The highest BCUT2D eigenvalue weighted by molar-refractivity contribution is 7.89. The molecule has 9 heteroatoms. The molecule has 29 heavy (non-hydrogen) atoms. The fourth-order valence-electron chi connectivity index (χ4n) is 3.64. The van der Waals surface area contributed by atoms with Gasteiger partial charge in [0, 0.05) is 18.8 Å². The molecular formula is C20H27FN4O3S. The van der Waals surface area contributed by atoms with Gasteiger partial charge in [-0.25, -0.2) is 12.8 Å². The molecule has 3 rings (SSSR count). The number of carbonyl (C=O) groups excluding carboxylic acids is 1. The Morgan fingerprint density at radius 1 is 1.21 bits per heavy atom. The third kappa shape index (κ3) is 4.35. The number of aromatic nitrogens is 2. The van der Waals surface area contributed by atoms with E-state index < -0.39 is 21.9 Å². The summed E-state index contributed by atoms with van der Waals surface area (Å²) in [5, 5.41) is 7.06. The lowest BCUT2D eigenvalue weighted by Crippen LogP contribution is -2.38. The molecule has 0 saturated carbocycles. The second-order valence-electron chi connectivity index (χ2n) is 7.70. The first kappa shape index (κ1) is 21.4. The molecular weight excluding hydrogens is 395 g/mol. The number of rotatable bonds is 5. The van der Waals surface area contributed by atoms with E-state index >= 15 is 0 Å². The smallest absolute Gasteiger partial charge is 0.248 e. The van der Waals surface area contributed by atoms with Crippen molar-refractivity contribution in [3.05, 3.63) is 41.5 Å². The van der Waals surface area contributed by atoms with E-state index in [2.05, 4.69) is 17.3 Å². The fourth-order valence-corrected chi connectivity index (χ4v) is 5.47. The van der Waals surface area contributed by atoms with Crippen LogP contribution in [0.25, 0.3) is 0 Å². The van der Waals surface area contributed by atoms with Crippen molar-refractivity contribution in [2.24, 2.45) is 5.92 Å². The van der Waals surface area contributed by atoms with Crippen LogP contribution < -0.4 is 5.32 Å². The van der Waals surface area contributed by atoms with Crippen molar-refractivity contribution in [1.82, 2.24) is 14.1 Å². The Morgan fingerprint density at radius 3 is 2.38 bits per heavy atom.